The standard InChI is InChI=1S/C29H30N2S3/c1-8-32-23-10-9-18(12-22(23)29(5,6)7)26-28-27(31-15-30-26)21-13-20-19(11-16(2)3)17(4)33-24(20)14-25(21)34-28/h8-10,12-16H,1,11H2,2-7H3. The summed E-state index contributed by atoms with van der Waals surface area (Å²) in [6.45, 7) is 17.6. The average Bonchev–Trinajstić information content (AvgIpc) is 3.28. The molecule has 0 amide bonds. The second-order valence-corrected chi connectivity index (χ2v) is 13.6. The number of hydrogen-bond donors (Lipinski definition) is 0. The molecule has 5 rings (SSSR count). The molecule has 0 saturated carbocycles. The van der Waals surface area contributed by atoms with E-state index in [9.17, 15) is 0 Å². The van der Waals surface area contributed by atoms with E-state index in [4.69, 9.17) is 9.97 Å². The number of hydrogen-bond acceptors (Lipinski definition) is 5. The van der Waals surface area contributed by atoms with E-state index in [0.717, 1.165) is 23.2 Å². The molecule has 2 aromatic carbocycles. The molecule has 0 N–H and O–H groups in total. The molecule has 5 aromatic rings. The molecule has 0 aliphatic rings. The van der Waals surface area contributed by atoms with Crippen molar-refractivity contribution in [3.8, 4) is 11.3 Å². The summed E-state index contributed by atoms with van der Waals surface area (Å²) in [5, 5.41) is 4.54. The quantitative estimate of drug-likeness (QED) is 0.224. The van der Waals surface area contributed by atoms with E-state index in [1.54, 1.807) is 18.1 Å². The predicted molar refractivity (Wildman–Crippen MR) is 154 cm³/mol. The highest BCUT2D eigenvalue weighted by atomic mass is 32.2. The van der Waals surface area contributed by atoms with E-state index in [2.05, 4.69) is 78.5 Å². The van der Waals surface area contributed by atoms with Crippen LogP contribution in [0, 0.1) is 12.8 Å². The lowest BCUT2D eigenvalue weighted by atomic mass is 9.85. The van der Waals surface area contributed by atoms with E-state index in [1.165, 1.54) is 45.8 Å². The minimum absolute atomic E-state index is 0.0305. The van der Waals surface area contributed by atoms with E-state index >= 15 is 0 Å². The van der Waals surface area contributed by atoms with Gasteiger partial charge in [0, 0.05) is 30.1 Å². The first-order valence-electron chi connectivity index (χ1n) is 11.7. The number of benzene rings is 2. The Morgan fingerprint density at radius 3 is 2.50 bits per heavy atom. The smallest absolute Gasteiger partial charge is 0.116 e. The Morgan fingerprint density at radius 1 is 1.03 bits per heavy atom. The first-order chi connectivity index (χ1) is 16.2. The lowest BCUT2D eigenvalue weighted by Gasteiger charge is -2.23. The Morgan fingerprint density at radius 2 is 1.79 bits per heavy atom. The lowest BCUT2D eigenvalue weighted by molar-refractivity contribution is 0.578. The van der Waals surface area contributed by atoms with Crippen LogP contribution in [0.25, 0.3) is 41.6 Å². The van der Waals surface area contributed by atoms with E-state index in [1.807, 2.05) is 28.1 Å². The van der Waals surface area contributed by atoms with Gasteiger partial charge in [0.05, 0.1) is 15.9 Å². The molecule has 34 heavy (non-hydrogen) atoms. The van der Waals surface area contributed by atoms with Gasteiger partial charge in [-0.25, -0.2) is 9.97 Å². The normalized spacial score (nSPS) is 12.4. The number of aryl methyl sites for hydroxylation is 1. The van der Waals surface area contributed by atoms with Gasteiger partial charge in [-0.1, -0.05) is 59.0 Å². The van der Waals surface area contributed by atoms with E-state index < -0.39 is 0 Å². The number of thioether (sulfide) groups is 1. The van der Waals surface area contributed by atoms with Crippen LogP contribution < -0.4 is 0 Å². The Labute approximate surface area is 214 Å². The number of nitrogens with zero attached hydrogens (tertiary/aromatic N) is 2. The molecule has 0 atom stereocenters. The van der Waals surface area contributed by atoms with Gasteiger partial charge in [0.2, 0.25) is 0 Å². The van der Waals surface area contributed by atoms with Crippen molar-refractivity contribution in [3.05, 3.63) is 64.7 Å². The third-order valence-electron chi connectivity index (χ3n) is 6.25. The predicted octanol–water partition coefficient (Wildman–Crippen LogP) is 9.77. The van der Waals surface area contributed by atoms with Gasteiger partial charge in [0.25, 0.3) is 0 Å². The molecule has 0 fully saturated rings. The zero-order chi connectivity index (χ0) is 24.2. The molecule has 0 unspecified atom stereocenters. The van der Waals surface area contributed by atoms with Gasteiger partial charge in [-0.3, -0.25) is 0 Å². The second-order valence-electron chi connectivity index (χ2n) is 10.3. The summed E-state index contributed by atoms with van der Waals surface area (Å²) in [6, 6.07) is 11.5. The molecule has 0 spiro atoms. The van der Waals surface area contributed by atoms with Gasteiger partial charge >= 0.3 is 0 Å². The van der Waals surface area contributed by atoms with Crippen LogP contribution in [-0.2, 0) is 11.8 Å². The molecule has 0 bridgehead atoms. The zero-order valence-corrected chi connectivity index (χ0v) is 23.1. The van der Waals surface area contributed by atoms with Gasteiger partial charge in [-0.15, -0.1) is 22.7 Å². The van der Waals surface area contributed by atoms with Crippen LogP contribution in [-0.4, -0.2) is 9.97 Å². The Kier molecular flexibility index (Phi) is 6.07. The van der Waals surface area contributed by atoms with Crippen LogP contribution in [0.15, 0.2) is 53.5 Å². The van der Waals surface area contributed by atoms with Crippen LogP contribution in [0.5, 0.6) is 0 Å². The molecular weight excluding hydrogens is 473 g/mol. The molecule has 3 aromatic heterocycles. The number of rotatable bonds is 5. The van der Waals surface area contributed by atoms with Gasteiger partial charge in [-0.2, -0.15) is 0 Å². The van der Waals surface area contributed by atoms with Crippen LogP contribution in [0.4, 0.5) is 0 Å². The Balaban J connectivity index is 1.73. The van der Waals surface area contributed by atoms with Crippen LogP contribution in [0.1, 0.15) is 50.6 Å². The largest absolute Gasteiger partial charge is 0.235 e. The number of thiophene rings is 2. The highest BCUT2D eigenvalue weighted by molar-refractivity contribution is 8.02. The SMILES string of the molecule is C=CSc1ccc(-c2ncnc3c2sc2cc4sc(C)c(CC(C)C)c4cc23)cc1C(C)(C)C. The zero-order valence-electron chi connectivity index (χ0n) is 20.7. The Bertz CT molecular complexity index is 1550. The molecule has 174 valence electrons. The van der Waals surface area contributed by atoms with Crippen molar-refractivity contribution in [2.45, 2.75) is 58.3 Å². The summed E-state index contributed by atoms with van der Waals surface area (Å²) in [5.74, 6) is 0.639. The van der Waals surface area contributed by atoms with Gasteiger partial charge < -0.3 is 0 Å². The molecular formula is C29H30N2S3. The Hall–Kier alpha value is -2.21. The summed E-state index contributed by atoms with van der Waals surface area (Å²) < 4.78 is 3.83. The minimum atomic E-state index is 0.0305. The fourth-order valence-corrected chi connectivity index (χ4v) is 7.86. The first-order valence-corrected chi connectivity index (χ1v) is 14.2. The minimum Gasteiger partial charge on any atom is -0.235 e. The average molecular weight is 503 g/mol. The summed E-state index contributed by atoms with van der Waals surface area (Å²) in [4.78, 5) is 12.2. The number of fused-ring (bicyclic) bond motifs is 4. The summed E-state index contributed by atoms with van der Waals surface area (Å²) in [6.07, 6.45) is 2.84. The third-order valence-corrected chi connectivity index (χ3v) is 9.28. The van der Waals surface area contributed by atoms with Crippen molar-refractivity contribution in [2.24, 2.45) is 5.92 Å². The van der Waals surface area contributed by atoms with Crippen molar-refractivity contribution >= 4 is 64.8 Å². The first kappa shape index (κ1) is 23.5. The van der Waals surface area contributed by atoms with Gasteiger partial charge in [0.15, 0.2) is 0 Å². The monoisotopic (exact) mass is 502 g/mol. The maximum atomic E-state index is 4.77. The molecule has 5 heteroatoms. The summed E-state index contributed by atoms with van der Waals surface area (Å²) in [7, 11) is 0. The fraction of sp³-hybridized carbons (Fsp3) is 0.310. The van der Waals surface area contributed by atoms with Gasteiger partial charge in [0.1, 0.15) is 6.33 Å². The molecule has 3 heterocycles. The van der Waals surface area contributed by atoms with E-state index in [0.29, 0.717) is 5.92 Å². The summed E-state index contributed by atoms with van der Waals surface area (Å²) in [5.41, 5.74) is 6.08. The van der Waals surface area contributed by atoms with Crippen molar-refractivity contribution in [1.29, 1.82) is 0 Å². The topological polar surface area (TPSA) is 25.8 Å². The van der Waals surface area contributed by atoms with E-state index in [-0.39, 0.29) is 5.41 Å². The molecule has 0 radical (unpaired) electrons. The molecule has 0 aliphatic heterocycles. The lowest BCUT2D eigenvalue weighted by Crippen LogP contribution is -2.12. The van der Waals surface area contributed by atoms with Crippen LogP contribution >= 0.6 is 34.4 Å². The fourth-order valence-electron chi connectivity index (χ4n) is 4.66. The van der Waals surface area contributed by atoms with Crippen LogP contribution in [0.2, 0.25) is 0 Å². The van der Waals surface area contributed by atoms with Crippen molar-refractivity contribution < 1.29 is 0 Å². The summed E-state index contributed by atoms with van der Waals surface area (Å²) >= 11 is 5.42. The maximum absolute atomic E-state index is 4.77. The maximum Gasteiger partial charge on any atom is 0.116 e. The highest BCUT2D eigenvalue weighted by Crippen LogP contribution is 2.43. The number of aromatic nitrogens is 2. The molecule has 0 saturated heterocycles. The molecule has 2 nitrogen and oxygen atoms in total. The van der Waals surface area contributed by atoms with Crippen molar-refractivity contribution in [2.75, 3.05) is 0 Å². The second kappa shape index (κ2) is 8.78. The van der Waals surface area contributed by atoms with Crippen molar-refractivity contribution in [1.82, 2.24) is 9.97 Å². The third kappa shape index (κ3) is 4.08. The van der Waals surface area contributed by atoms with Gasteiger partial charge in [-0.05, 0) is 70.9 Å². The van der Waals surface area contributed by atoms with Crippen molar-refractivity contribution in [3.63, 3.8) is 0 Å². The molecule has 0 aliphatic carbocycles. The highest BCUT2D eigenvalue weighted by Gasteiger charge is 2.21. The van der Waals surface area contributed by atoms with Crippen LogP contribution in [0.3, 0.4) is 0 Å².